The van der Waals surface area contributed by atoms with E-state index in [4.69, 9.17) is 0 Å². The quantitative estimate of drug-likeness (QED) is 0.627. The van der Waals surface area contributed by atoms with Crippen molar-refractivity contribution in [3.8, 4) is 0 Å². The van der Waals surface area contributed by atoms with Gasteiger partial charge >= 0.3 is 57.4 Å². The Morgan fingerprint density at radius 3 is 2.45 bits per heavy atom. The number of aryl methyl sites for hydroxylation is 1. The van der Waals surface area contributed by atoms with Gasteiger partial charge in [-0.2, -0.15) is 0 Å². The second-order valence-electron chi connectivity index (χ2n) is 4.69. The van der Waals surface area contributed by atoms with Crippen molar-refractivity contribution < 1.29 is 66.1 Å². The molecular weight excluding hydrogens is 283 g/mol. The number of nitrogens with one attached hydrogen (secondary N) is 2. The fraction of sp³-hybridized carbons (Fsp3) is 0.429. The summed E-state index contributed by atoms with van der Waals surface area (Å²) >= 11 is 0. The Morgan fingerprint density at radius 1 is 1.30 bits per heavy atom. The summed E-state index contributed by atoms with van der Waals surface area (Å²) in [5.74, 6) is -1.52. The average Bonchev–Trinajstić information content (AvgIpc) is 2.35. The third kappa shape index (κ3) is 6.36. The van der Waals surface area contributed by atoms with Gasteiger partial charge < -0.3 is 20.5 Å². The van der Waals surface area contributed by atoms with Crippen molar-refractivity contribution in [2.24, 2.45) is 5.92 Å². The Labute approximate surface area is 161 Å². The first kappa shape index (κ1) is 19.6. The van der Waals surface area contributed by atoms with Crippen molar-refractivity contribution in [3.63, 3.8) is 0 Å². The summed E-state index contributed by atoms with van der Waals surface area (Å²) < 4.78 is 0. The van der Waals surface area contributed by atoms with Crippen LogP contribution in [0, 0.1) is 5.92 Å². The van der Waals surface area contributed by atoms with Gasteiger partial charge in [-0.3, -0.25) is 0 Å². The number of urea groups is 1. The van der Waals surface area contributed by atoms with Crippen molar-refractivity contribution >= 4 is 17.7 Å². The van der Waals surface area contributed by atoms with Crippen LogP contribution in [0.1, 0.15) is 26.3 Å². The fourth-order valence-corrected chi connectivity index (χ4v) is 1.68. The Hall–Kier alpha value is -0.404. The van der Waals surface area contributed by atoms with Gasteiger partial charge in [0.2, 0.25) is 0 Å². The Bertz CT molecular complexity index is 463. The van der Waals surface area contributed by atoms with Crippen LogP contribution < -0.4 is 67.1 Å². The van der Waals surface area contributed by atoms with Gasteiger partial charge in [0.05, 0.1) is 12.0 Å². The van der Waals surface area contributed by atoms with Gasteiger partial charge in [-0.25, -0.2) is 4.79 Å². The molecule has 0 spiro atoms. The number of carboxylic acid groups (broad SMARTS) is 1. The zero-order valence-corrected chi connectivity index (χ0v) is 15.5. The molecule has 0 saturated heterocycles. The van der Waals surface area contributed by atoms with E-state index in [1.54, 1.807) is 19.9 Å². The SMILES string of the molecule is CCc1cccc(NC(=O)NC(C(=O)[O-])C(C)C)c1.[K+]. The second-order valence-corrected chi connectivity index (χ2v) is 4.69. The van der Waals surface area contributed by atoms with Gasteiger partial charge in [-0.1, -0.05) is 32.9 Å². The first-order valence-electron chi connectivity index (χ1n) is 6.31. The summed E-state index contributed by atoms with van der Waals surface area (Å²) in [5, 5.41) is 15.9. The summed E-state index contributed by atoms with van der Waals surface area (Å²) in [5.41, 5.74) is 1.73. The number of aliphatic carboxylic acids is 1. The third-order valence-corrected chi connectivity index (χ3v) is 2.80. The topological polar surface area (TPSA) is 81.3 Å². The number of carbonyl (C=O) groups is 2. The summed E-state index contributed by atoms with van der Waals surface area (Å²) in [6.07, 6.45) is 0.866. The maximum atomic E-state index is 11.7. The Morgan fingerprint density at radius 2 is 1.95 bits per heavy atom. The standard InChI is InChI=1S/C14H20N2O3.K/c1-4-10-6-5-7-11(8-10)15-14(19)16-12(9(2)3)13(17)18;/h5-9,12H,4H2,1-3H3,(H,17,18)(H2,15,16,19);/q;+1/p-1. The molecule has 0 fully saturated rings. The van der Waals surface area contributed by atoms with Crippen molar-refractivity contribution in [1.82, 2.24) is 5.32 Å². The van der Waals surface area contributed by atoms with Gasteiger partial charge in [0.25, 0.3) is 0 Å². The van der Waals surface area contributed by atoms with Crippen LogP contribution in [0.2, 0.25) is 0 Å². The monoisotopic (exact) mass is 302 g/mol. The molecule has 2 amide bonds. The number of hydrogen-bond donors (Lipinski definition) is 2. The van der Waals surface area contributed by atoms with Gasteiger partial charge in [-0.05, 0) is 30.0 Å². The molecule has 104 valence electrons. The minimum Gasteiger partial charge on any atom is -0.548 e. The van der Waals surface area contributed by atoms with E-state index in [2.05, 4.69) is 10.6 Å². The summed E-state index contributed by atoms with van der Waals surface area (Å²) in [6, 6.07) is 5.85. The second kappa shape index (κ2) is 9.52. The summed E-state index contributed by atoms with van der Waals surface area (Å²) in [7, 11) is 0. The molecule has 1 rings (SSSR count). The minimum atomic E-state index is -1.28. The molecule has 20 heavy (non-hydrogen) atoms. The number of amides is 2. The number of anilines is 1. The summed E-state index contributed by atoms with van der Waals surface area (Å²) in [6.45, 7) is 5.43. The van der Waals surface area contributed by atoms with Crippen molar-refractivity contribution in [3.05, 3.63) is 29.8 Å². The molecule has 0 radical (unpaired) electrons. The van der Waals surface area contributed by atoms with Crippen LogP contribution >= 0.6 is 0 Å². The molecule has 1 aromatic carbocycles. The summed E-state index contributed by atoms with van der Waals surface area (Å²) in [4.78, 5) is 22.6. The number of carboxylic acids is 1. The van der Waals surface area contributed by atoms with E-state index in [1.165, 1.54) is 0 Å². The molecule has 6 heteroatoms. The van der Waals surface area contributed by atoms with Crippen LogP contribution in [-0.2, 0) is 11.2 Å². The molecule has 0 aliphatic carbocycles. The molecule has 0 aliphatic rings. The first-order chi connectivity index (χ1) is 8.93. The van der Waals surface area contributed by atoms with Crippen LogP contribution in [0.15, 0.2) is 24.3 Å². The van der Waals surface area contributed by atoms with E-state index < -0.39 is 18.0 Å². The molecule has 1 unspecified atom stereocenters. The number of carbonyl (C=O) groups excluding carboxylic acids is 2. The number of benzene rings is 1. The van der Waals surface area contributed by atoms with E-state index in [-0.39, 0.29) is 57.3 Å². The van der Waals surface area contributed by atoms with Crippen molar-refractivity contribution in [2.75, 3.05) is 5.32 Å². The molecule has 2 N–H and O–H groups in total. The number of rotatable bonds is 5. The van der Waals surface area contributed by atoms with Crippen LogP contribution in [-0.4, -0.2) is 18.0 Å². The third-order valence-electron chi connectivity index (χ3n) is 2.80. The van der Waals surface area contributed by atoms with Crippen LogP contribution in [0.4, 0.5) is 10.5 Å². The van der Waals surface area contributed by atoms with E-state index in [1.807, 2.05) is 25.1 Å². The van der Waals surface area contributed by atoms with E-state index in [0.717, 1.165) is 12.0 Å². The molecule has 0 aliphatic heterocycles. The van der Waals surface area contributed by atoms with E-state index in [0.29, 0.717) is 5.69 Å². The van der Waals surface area contributed by atoms with Crippen molar-refractivity contribution in [2.45, 2.75) is 33.2 Å². The van der Waals surface area contributed by atoms with Gasteiger partial charge in [0.1, 0.15) is 0 Å². The minimum absolute atomic E-state index is 0. The van der Waals surface area contributed by atoms with Crippen LogP contribution in [0.25, 0.3) is 0 Å². The molecule has 0 heterocycles. The molecule has 0 aromatic heterocycles. The molecule has 1 atom stereocenters. The van der Waals surface area contributed by atoms with E-state index >= 15 is 0 Å². The van der Waals surface area contributed by atoms with Crippen LogP contribution in [0.3, 0.4) is 0 Å². The zero-order valence-electron chi connectivity index (χ0n) is 12.4. The van der Waals surface area contributed by atoms with Gasteiger partial charge in [-0.15, -0.1) is 0 Å². The molecule has 0 bridgehead atoms. The largest absolute Gasteiger partial charge is 1.00 e. The van der Waals surface area contributed by atoms with Gasteiger partial charge in [0, 0.05) is 5.69 Å². The Kier molecular flexibility index (Phi) is 9.33. The maximum Gasteiger partial charge on any atom is 1.00 e. The predicted octanol–water partition coefficient (Wildman–Crippen LogP) is -1.85. The normalized spacial score (nSPS) is 11.4. The van der Waals surface area contributed by atoms with Gasteiger partial charge in [0.15, 0.2) is 0 Å². The zero-order chi connectivity index (χ0) is 14.4. The molecular formula is C14H19KN2O3. The maximum absolute atomic E-state index is 11.7. The first-order valence-corrected chi connectivity index (χ1v) is 6.31. The smallest absolute Gasteiger partial charge is 0.548 e. The average molecular weight is 302 g/mol. The van der Waals surface area contributed by atoms with E-state index in [9.17, 15) is 14.7 Å². The Balaban J connectivity index is 0.00000361. The van der Waals surface area contributed by atoms with Crippen LogP contribution in [0.5, 0.6) is 0 Å². The predicted molar refractivity (Wildman–Crippen MR) is 71.6 cm³/mol. The number of hydrogen-bond acceptors (Lipinski definition) is 3. The molecule has 1 aromatic rings. The molecule has 5 nitrogen and oxygen atoms in total. The van der Waals surface area contributed by atoms with Crippen molar-refractivity contribution in [1.29, 1.82) is 0 Å². The fourth-order valence-electron chi connectivity index (χ4n) is 1.68. The molecule has 0 saturated carbocycles.